The fourth-order valence-electron chi connectivity index (χ4n) is 3.31. The third kappa shape index (κ3) is 5.03. The smallest absolute Gasteiger partial charge is 0.170 e. The van der Waals surface area contributed by atoms with Gasteiger partial charge in [-0.1, -0.05) is 72.8 Å². The second-order valence-electron chi connectivity index (χ2n) is 7.30. The van der Waals surface area contributed by atoms with Crippen LogP contribution in [0.2, 0.25) is 0 Å². The molecule has 0 aliphatic heterocycles. The zero-order valence-electron chi connectivity index (χ0n) is 17.0. The molecular weight excluding hydrogens is 376 g/mol. The number of hydrogen-bond acceptors (Lipinski definition) is 4. The van der Waals surface area contributed by atoms with Gasteiger partial charge < -0.3 is 0 Å². The predicted octanol–water partition coefficient (Wildman–Crippen LogP) is 5.34. The lowest BCUT2D eigenvalue weighted by atomic mass is 9.92. The van der Waals surface area contributed by atoms with Gasteiger partial charge in [-0.3, -0.25) is 19.2 Å². The van der Waals surface area contributed by atoms with E-state index in [0.717, 1.165) is 22.3 Å². The molecule has 0 aliphatic carbocycles. The summed E-state index contributed by atoms with van der Waals surface area (Å²) in [6.45, 7) is 2.81. The molecule has 0 heterocycles. The van der Waals surface area contributed by atoms with Crippen molar-refractivity contribution in [3.8, 4) is 22.3 Å². The maximum Gasteiger partial charge on any atom is 0.170 e. The summed E-state index contributed by atoms with van der Waals surface area (Å²) in [6.07, 6.45) is -0.185. The van der Waals surface area contributed by atoms with E-state index in [1.807, 2.05) is 48.5 Å². The predicted molar refractivity (Wildman–Crippen MR) is 117 cm³/mol. The minimum Gasteiger partial charge on any atom is -0.300 e. The summed E-state index contributed by atoms with van der Waals surface area (Å²) in [6, 6.07) is 22.3. The molecule has 0 amide bonds. The summed E-state index contributed by atoms with van der Waals surface area (Å²) in [7, 11) is 0. The number of carbonyl (C=O) groups is 4. The Morgan fingerprint density at radius 1 is 0.533 bits per heavy atom. The molecule has 0 radical (unpaired) electrons. The SMILES string of the molecule is CC(=O)CC(=O)c1ccc(-c2ccccc2-c2ccc(C(=O)CC(C)=O)cc2)cc1. The van der Waals surface area contributed by atoms with Crippen LogP contribution in [-0.4, -0.2) is 23.1 Å². The molecule has 0 fully saturated rings. The lowest BCUT2D eigenvalue weighted by molar-refractivity contribution is -0.117. The van der Waals surface area contributed by atoms with Crippen LogP contribution >= 0.6 is 0 Å². The highest BCUT2D eigenvalue weighted by Gasteiger charge is 2.12. The van der Waals surface area contributed by atoms with Crippen molar-refractivity contribution in [1.82, 2.24) is 0 Å². The van der Waals surface area contributed by atoms with Gasteiger partial charge in [-0.25, -0.2) is 0 Å². The first-order chi connectivity index (χ1) is 14.3. The lowest BCUT2D eigenvalue weighted by Gasteiger charge is -2.11. The van der Waals surface area contributed by atoms with Crippen molar-refractivity contribution in [2.45, 2.75) is 26.7 Å². The average molecular weight is 398 g/mol. The van der Waals surface area contributed by atoms with Gasteiger partial charge >= 0.3 is 0 Å². The summed E-state index contributed by atoms with van der Waals surface area (Å²) in [5.74, 6) is -0.680. The molecule has 3 aromatic carbocycles. The van der Waals surface area contributed by atoms with E-state index in [1.165, 1.54) is 13.8 Å². The van der Waals surface area contributed by atoms with Crippen molar-refractivity contribution >= 4 is 23.1 Å². The van der Waals surface area contributed by atoms with Gasteiger partial charge in [0.05, 0.1) is 12.8 Å². The monoisotopic (exact) mass is 398 g/mol. The fraction of sp³-hybridized carbons (Fsp3) is 0.154. The van der Waals surface area contributed by atoms with Gasteiger partial charge in [0, 0.05) is 11.1 Å². The molecular formula is C26H22O4. The Kier molecular flexibility index (Phi) is 6.48. The highest BCUT2D eigenvalue weighted by atomic mass is 16.2. The first kappa shape index (κ1) is 21.1. The molecule has 0 unspecified atom stereocenters. The van der Waals surface area contributed by atoms with E-state index in [9.17, 15) is 19.2 Å². The van der Waals surface area contributed by atoms with E-state index >= 15 is 0 Å². The van der Waals surface area contributed by atoms with E-state index in [2.05, 4.69) is 0 Å². The van der Waals surface area contributed by atoms with Gasteiger partial charge in [-0.15, -0.1) is 0 Å². The first-order valence-electron chi connectivity index (χ1n) is 9.70. The first-order valence-corrected chi connectivity index (χ1v) is 9.70. The summed E-state index contributed by atoms with van der Waals surface area (Å²) >= 11 is 0. The van der Waals surface area contributed by atoms with Crippen LogP contribution in [0.4, 0.5) is 0 Å². The number of Topliss-reactive ketones (excluding diaryl/α,β-unsaturated/α-hetero) is 4. The van der Waals surface area contributed by atoms with Gasteiger partial charge in [0.25, 0.3) is 0 Å². The number of rotatable bonds is 8. The van der Waals surface area contributed by atoms with Gasteiger partial charge in [0.1, 0.15) is 11.6 Å². The maximum atomic E-state index is 12.1. The van der Waals surface area contributed by atoms with Crippen LogP contribution in [0.3, 0.4) is 0 Å². The van der Waals surface area contributed by atoms with E-state index in [1.54, 1.807) is 24.3 Å². The highest BCUT2D eigenvalue weighted by molar-refractivity contribution is 6.08. The van der Waals surface area contributed by atoms with Crippen molar-refractivity contribution in [3.05, 3.63) is 83.9 Å². The third-order valence-electron chi connectivity index (χ3n) is 4.78. The Morgan fingerprint density at radius 3 is 1.17 bits per heavy atom. The topological polar surface area (TPSA) is 68.3 Å². The Morgan fingerprint density at radius 2 is 0.867 bits per heavy atom. The maximum absolute atomic E-state index is 12.1. The standard InChI is InChI=1S/C26H22O4/c1-17(27)15-25(29)21-11-7-19(8-12-21)23-5-3-4-6-24(23)20-9-13-22(14-10-20)26(30)16-18(2)28/h3-14H,15-16H2,1-2H3. The highest BCUT2D eigenvalue weighted by Crippen LogP contribution is 2.32. The molecule has 0 N–H and O–H groups in total. The number of benzene rings is 3. The molecule has 30 heavy (non-hydrogen) atoms. The third-order valence-corrected chi connectivity index (χ3v) is 4.78. The lowest BCUT2D eigenvalue weighted by Crippen LogP contribution is -2.04. The fourth-order valence-corrected chi connectivity index (χ4v) is 3.31. The van der Waals surface area contributed by atoms with Crippen LogP contribution in [-0.2, 0) is 9.59 Å². The van der Waals surface area contributed by atoms with Crippen LogP contribution in [0.25, 0.3) is 22.3 Å². The second kappa shape index (κ2) is 9.23. The molecule has 4 heteroatoms. The van der Waals surface area contributed by atoms with Crippen molar-refractivity contribution in [2.24, 2.45) is 0 Å². The van der Waals surface area contributed by atoms with Crippen LogP contribution in [0.15, 0.2) is 72.8 Å². The molecule has 0 bridgehead atoms. The average Bonchev–Trinajstić information content (AvgIpc) is 2.73. The molecule has 0 spiro atoms. The van der Waals surface area contributed by atoms with Crippen molar-refractivity contribution in [2.75, 3.05) is 0 Å². The number of carbonyl (C=O) groups excluding carboxylic acids is 4. The van der Waals surface area contributed by atoms with E-state index in [4.69, 9.17) is 0 Å². The molecule has 0 saturated carbocycles. The molecule has 150 valence electrons. The van der Waals surface area contributed by atoms with Gasteiger partial charge in [-0.05, 0) is 36.1 Å². The Hall–Kier alpha value is -3.66. The molecule has 4 nitrogen and oxygen atoms in total. The van der Waals surface area contributed by atoms with Gasteiger partial charge in [0.2, 0.25) is 0 Å². The van der Waals surface area contributed by atoms with Gasteiger partial charge in [0.15, 0.2) is 11.6 Å². The molecule has 0 atom stereocenters. The van der Waals surface area contributed by atoms with Crippen LogP contribution < -0.4 is 0 Å². The van der Waals surface area contributed by atoms with Crippen LogP contribution in [0, 0.1) is 0 Å². The zero-order valence-corrected chi connectivity index (χ0v) is 17.0. The van der Waals surface area contributed by atoms with E-state index in [-0.39, 0.29) is 36.0 Å². The molecule has 0 aromatic heterocycles. The molecule has 0 aliphatic rings. The quantitative estimate of drug-likeness (QED) is 0.379. The second-order valence-corrected chi connectivity index (χ2v) is 7.30. The Labute approximate surface area is 175 Å². The normalized spacial score (nSPS) is 10.5. The van der Waals surface area contributed by atoms with Gasteiger partial charge in [-0.2, -0.15) is 0 Å². The summed E-state index contributed by atoms with van der Waals surface area (Å²) in [5, 5.41) is 0. The zero-order chi connectivity index (χ0) is 21.7. The molecule has 3 rings (SSSR count). The minimum atomic E-state index is -0.187. The minimum absolute atomic E-state index is 0.0926. The summed E-state index contributed by atoms with van der Waals surface area (Å²) in [4.78, 5) is 46.5. The van der Waals surface area contributed by atoms with Crippen LogP contribution in [0.1, 0.15) is 47.4 Å². The largest absolute Gasteiger partial charge is 0.300 e. The Balaban J connectivity index is 1.89. The van der Waals surface area contributed by atoms with Crippen molar-refractivity contribution < 1.29 is 19.2 Å². The Bertz CT molecular complexity index is 1020. The molecule has 3 aromatic rings. The summed E-state index contributed by atoms with van der Waals surface area (Å²) < 4.78 is 0. The molecule has 0 saturated heterocycles. The number of ketones is 4. The van der Waals surface area contributed by atoms with Crippen molar-refractivity contribution in [3.63, 3.8) is 0 Å². The van der Waals surface area contributed by atoms with Crippen LogP contribution in [0.5, 0.6) is 0 Å². The number of hydrogen-bond donors (Lipinski definition) is 0. The van der Waals surface area contributed by atoms with E-state index in [0.29, 0.717) is 11.1 Å². The summed E-state index contributed by atoms with van der Waals surface area (Å²) in [5.41, 5.74) is 4.90. The van der Waals surface area contributed by atoms with Crippen molar-refractivity contribution in [1.29, 1.82) is 0 Å². The van der Waals surface area contributed by atoms with E-state index < -0.39 is 0 Å².